The molecular formula is C23H22ClNO6. The van der Waals surface area contributed by atoms with E-state index in [0.29, 0.717) is 29.1 Å². The number of methoxy groups -OCH3 is 1. The number of phenols is 1. The third kappa shape index (κ3) is 3.75. The van der Waals surface area contributed by atoms with Crippen LogP contribution in [-0.4, -0.2) is 42.9 Å². The number of aromatic hydroxyl groups is 1. The van der Waals surface area contributed by atoms with E-state index >= 15 is 0 Å². The van der Waals surface area contributed by atoms with Gasteiger partial charge < -0.3 is 19.0 Å². The summed E-state index contributed by atoms with van der Waals surface area (Å²) in [5, 5.41) is 11.5. The lowest BCUT2D eigenvalue weighted by molar-refractivity contribution is -0.153. The number of carbonyl (C=O) groups excluding carboxylic acids is 1. The highest BCUT2D eigenvalue weighted by Gasteiger charge is 2.39. The SMILES string of the molecule is COc1cc(O)c(C2CCN(C)C2OC(C)=O)c2oc(-c3ccccc3Cl)cc(=O)c12. The number of hydrogen-bond donors (Lipinski definition) is 1. The lowest BCUT2D eigenvalue weighted by Crippen LogP contribution is -2.33. The molecule has 2 unspecified atom stereocenters. The molecule has 0 spiro atoms. The van der Waals surface area contributed by atoms with E-state index in [-0.39, 0.29) is 33.7 Å². The van der Waals surface area contributed by atoms with Gasteiger partial charge in [0.05, 0.1) is 12.1 Å². The predicted octanol–water partition coefficient (Wildman–Crippen LogP) is 4.14. The number of fused-ring (bicyclic) bond motifs is 1. The van der Waals surface area contributed by atoms with Gasteiger partial charge in [0.2, 0.25) is 0 Å². The van der Waals surface area contributed by atoms with Crippen molar-refractivity contribution in [2.75, 3.05) is 20.7 Å². The fourth-order valence-electron chi connectivity index (χ4n) is 4.17. The van der Waals surface area contributed by atoms with Crippen molar-refractivity contribution in [3.05, 3.63) is 57.2 Å². The van der Waals surface area contributed by atoms with Gasteiger partial charge in [-0.15, -0.1) is 0 Å². The first-order valence-electron chi connectivity index (χ1n) is 9.82. The van der Waals surface area contributed by atoms with Gasteiger partial charge in [-0.25, -0.2) is 0 Å². The van der Waals surface area contributed by atoms with E-state index in [1.165, 1.54) is 26.2 Å². The normalized spacial score (nSPS) is 19.0. The Bertz CT molecular complexity index is 1220. The molecular weight excluding hydrogens is 422 g/mol. The molecule has 4 rings (SSSR count). The number of halogens is 1. The fraction of sp³-hybridized carbons (Fsp3) is 0.304. The Morgan fingerprint density at radius 3 is 2.71 bits per heavy atom. The summed E-state index contributed by atoms with van der Waals surface area (Å²) in [6.45, 7) is 1.98. The third-order valence-corrected chi connectivity index (χ3v) is 5.90. The van der Waals surface area contributed by atoms with Gasteiger partial charge in [-0.1, -0.05) is 23.7 Å². The molecule has 7 nitrogen and oxygen atoms in total. The first kappa shape index (κ1) is 21.2. The molecule has 8 heteroatoms. The number of rotatable bonds is 4. The molecule has 2 heterocycles. The highest BCUT2D eigenvalue weighted by molar-refractivity contribution is 6.33. The second kappa shape index (κ2) is 8.24. The van der Waals surface area contributed by atoms with Gasteiger partial charge in [0.25, 0.3) is 0 Å². The Labute approximate surface area is 183 Å². The Balaban J connectivity index is 2.01. The third-order valence-electron chi connectivity index (χ3n) is 5.57. The summed E-state index contributed by atoms with van der Waals surface area (Å²) in [6, 6.07) is 9.77. The van der Waals surface area contributed by atoms with E-state index in [0.717, 1.165) is 0 Å². The molecule has 0 radical (unpaired) electrons. The standard InChI is InChI=1S/C23H22ClNO6/c1-12(26)30-23-14(8-9-25(23)2)20-16(27)11-19(29-3)21-17(28)10-18(31-22(20)21)13-6-4-5-7-15(13)24/h4-7,10-11,14,23,27H,8-9H2,1-3H3. The average molecular weight is 444 g/mol. The van der Waals surface area contributed by atoms with Crippen LogP contribution in [0.4, 0.5) is 0 Å². The van der Waals surface area contributed by atoms with Gasteiger partial charge >= 0.3 is 5.97 Å². The maximum atomic E-state index is 13.1. The van der Waals surface area contributed by atoms with Gasteiger partial charge in [-0.2, -0.15) is 0 Å². The zero-order valence-corrected chi connectivity index (χ0v) is 18.1. The molecule has 3 aromatic rings. The van der Waals surface area contributed by atoms with E-state index in [4.69, 9.17) is 25.5 Å². The molecule has 0 aliphatic carbocycles. The topological polar surface area (TPSA) is 89.2 Å². The summed E-state index contributed by atoms with van der Waals surface area (Å²) in [6.07, 6.45) is -0.00187. The lowest BCUT2D eigenvalue weighted by atomic mass is 9.93. The molecule has 0 bridgehead atoms. The Morgan fingerprint density at radius 2 is 2.03 bits per heavy atom. The van der Waals surface area contributed by atoms with Crippen LogP contribution in [0.1, 0.15) is 24.8 Å². The minimum atomic E-state index is -0.603. The summed E-state index contributed by atoms with van der Waals surface area (Å²) in [4.78, 5) is 26.7. The van der Waals surface area contributed by atoms with E-state index in [1.807, 2.05) is 11.9 Å². The fourth-order valence-corrected chi connectivity index (χ4v) is 4.40. The van der Waals surface area contributed by atoms with Crippen molar-refractivity contribution in [1.82, 2.24) is 4.90 Å². The zero-order chi connectivity index (χ0) is 22.3. The summed E-state index contributed by atoms with van der Waals surface area (Å²) < 4.78 is 17.0. The second-order valence-corrected chi connectivity index (χ2v) is 7.95. The monoisotopic (exact) mass is 443 g/mol. The number of likely N-dealkylation sites (tertiary alicyclic amines) is 1. The molecule has 1 aromatic heterocycles. The number of esters is 1. The molecule has 0 saturated carbocycles. The predicted molar refractivity (Wildman–Crippen MR) is 117 cm³/mol. The Kier molecular flexibility index (Phi) is 5.64. The van der Waals surface area contributed by atoms with Crippen LogP contribution in [0.3, 0.4) is 0 Å². The van der Waals surface area contributed by atoms with Crippen molar-refractivity contribution >= 4 is 28.5 Å². The van der Waals surface area contributed by atoms with Gasteiger partial charge in [0, 0.05) is 42.6 Å². The molecule has 1 N–H and O–H groups in total. The van der Waals surface area contributed by atoms with Crippen molar-refractivity contribution in [2.45, 2.75) is 25.5 Å². The Morgan fingerprint density at radius 1 is 1.29 bits per heavy atom. The first-order valence-corrected chi connectivity index (χ1v) is 10.2. The number of ether oxygens (including phenoxy) is 2. The molecule has 1 aliphatic heterocycles. The lowest BCUT2D eigenvalue weighted by Gasteiger charge is -2.25. The summed E-state index contributed by atoms with van der Waals surface area (Å²) in [7, 11) is 3.25. The number of nitrogens with zero attached hydrogens (tertiary/aromatic N) is 1. The number of likely N-dealkylation sites (N-methyl/N-ethyl adjacent to an activating group) is 1. The van der Waals surface area contributed by atoms with Crippen LogP contribution in [0.5, 0.6) is 11.5 Å². The van der Waals surface area contributed by atoms with Crippen LogP contribution in [-0.2, 0) is 9.53 Å². The van der Waals surface area contributed by atoms with E-state index in [1.54, 1.807) is 24.3 Å². The van der Waals surface area contributed by atoms with Crippen LogP contribution in [0.25, 0.3) is 22.3 Å². The largest absolute Gasteiger partial charge is 0.507 e. The minimum absolute atomic E-state index is 0.0961. The number of carbonyl (C=O) groups is 1. The van der Waals surface area contributed by atoms with Crippen LogP contribution >= 0.6 is 11.6 Å². The maximum Gasteiger partial charge on any atom is 0.304 e. The molecule has 31 heavy (non-hydrogen) atoms. The summed E-state index contributed by atoms with van der Waals surface area (Å²) in [5.74, 6) is -0.453. The average Bonchev–Trinajstić information content (AvgIpc) is 3.06. The van der Waals surface area contributed by atoms with E-state index in [2.05, 4.69) is 0 Å². The van der Waals surface area contributed by atoms with Crippen molar-refractivity contribution in [3.63, 3.8) is 0 Å². The van der Waals surface area contributed by atoms with Gasteiger partial charge in [-0.05, 0) is 25.6 Å². The van der Waals surface area contributed by atoms with Crippen LogP contribution in [0.15, 0.2) is 45.6 Å². The summed E-state index contributed by atoms with van der Waals surface area (Å²) in [5.41, 5.74) is 0.815. The van der Waals surface area contributed by atoms with Crippen molar-refractivity contribution < 1.29 is 23.8 Å². The smallest absolute Gasteiger partial charge is 0.304 e. The quantitative estimate of drug-likeness (QED) is 0.606. The number of benzene rings is 2. The van der Waals surface area contributed by atoms with Crippen LogP contribution in [0.2, 0.25) is 5.02 Å². The van der Waals surface area contributed by atoms with Crippen molar-refractivity contribution in [3.8, 4) is 22.8 Å². The van der Waals surface area contributed by atoms with Gasteiger partial charge in [-0.3, -0.25) is 14.5 Å². The van der Waals surface area contributed by atoms with E-state index in [9.17, 15) is 14.7 Å². The minimum Gasteiger partial charge on any atom is -0.507 e. The molecule has 1 saturated heterocycles. The zero-order valence-electron chi connectivity index (χ0n) is 17.3. The van der Waals surface area contributed by atoms with Crippen LogP contribution < -0.4 is 10.2 Å². The molecule has 1 aliphatic rings. The second-order valence-electron chi connectivity index (χ2n) is 7.55. The Hall–Kier alpha value is -3.03. The van der Waals surface area contributed by atoms with Gasteiger partial charge in [0.1, 0.15) is 28.2 Å². The highest BCUT2D eigenvalue weighted by Crippen LogP contribution is 2.45. The molecule has 162 valence electrons. The van der Waals surface area contributed by atoms with Crippen molar-refractivity contribution in [2.24, 2.45) is 0 Å². The molecule has 1 fully saturated rings. The highest BCUT2D eigenvalue weighted by atomic mass is 35.5. The first-order chi connectivity index (χ1) is 14.8. The number of phenolic OH excluding ortho intramolecular Hbond substituents is 1. The van der Waals surface area contributed by atoms with E-state index < -0.39 is 18.1 Å². The number of hydrogen-bond acceptors (Lipinski definition) is 7. The molecule has 2 aromatic carbocycles. The summed E-state index contributed by atoms with van der Waals surface area (Å²) >= 11 is 6.32. The van der Waals surface area contributed by atoms with Crippen molar-refractivity contribution in [1.29, 1.82) is 0 Å². The molecule has 0 amide bonds. The maximum absolute atomic E-state index is 13.1. The van der Waals surface area contributed by atoms with Crippen LogP contribution in [0, 0.1) is 0 Å². The molecule has 2 atom stereocenters. The van der Waals surface area contributed by atoms with Gasteiger partial charge in [0.15, 0.2) is 11.7 Å².